The number of amides is 1. The van der Waals surface area contributed by atoms with Gasteiger partial charge in [-0.2, -0.15) is 0 Å². The van der Waals surface area contributed by atoms with E-state index in [1.165, 1.54) is 16.7 Å². The van der Waals surface area contributed by atoms with Crippen LogP contribution in [0.4, 0.5) is 0 Å². The summed E-state index contributed by atoms with van der Waals surface area (Å²) in [6.45, 7) is 5.16. The molecule has 23 heavy (non-hydrogen) atoms. The van der Waals surface area contributed by atoms with Crippen molar-refractivity contribution < 1.29 is 14.7 Å². The second-order valence-electron chi connectivity index (χ2n) is 7.24. The Balaban J connectivity index is 1.59. The number of nitrogens with zero attached hydrogens (tertiary/aromatic N) is 1. The van der Waals surface area contributed by atoms with Crippen molar-refractivity contribution >= 4 is 11.9 Å². The van der Waals surface area contributed by atoms with Crippen LogP contribution in [-0.4, -0.2) is 35.0 Å². The lowest BCUT2D eigenvalue weighted by Crippen LogP contribution is -2.30. The van der Waals surface area contributed by atoms with E-state index >= 15 is 0 Å². The van der Waals surface area contributed by atoms with Crippen LogP contribution in [0, 0.1) is 31.6 Å². The molecule has 0 unspecified atom stereocenters. The molecule has 1 aliphatic carbocycles. The fourth-order valence-corrected chi connectivity index (χ4v) is 3.92. The Kier molecular flexibility index (Phi) is 4.42. The first-order valence-electron chi connectivity index (χ1n) is 8.52. The molecule has 1 aliphatic heterocycles. The standard InChI is InChI=1S/C19H25NO3/c1-12-7-13(2)9-14(8-12)3-6-18(21)20-10-16(15-4-5-15)17(11-20)19(22)23/h7-9,15-17H,3-6,10-11H2,1-2H3,(H,22,23)/t16-,17+/m1/s1. The number of carboxylic acid groups (broad SMARTS) is 1. The van der Waals surface area contributed by atoms with Gasteiger partial charge in [0.05, 0.1) is 5.92 Å². The summed E-state index contributed by atoms with van der Waals surface area (Å²) in [6.07, 6.45) is 3.44. The molecule has 2 aliphatic rings. The zero-order chi connectivity index (χ0) is 16.6. The number of carboxylic acids is 1. The van der Waals surface area contributed by atoms with Gasteiger partial charge >= 0.3 is 5.97 Å². The van der Waals surface area contributed by atoms with Crippen molar-refractivity contribution in [1.29, 1.82) is 0 Å². The fourth-order valence-electron chi connectivity index (χ4n) is 3.92. The molecule has 1 N–H and O–H groups in total. The van der Waals surface area contributed by atoms with Gasteiger partial charge in [-0.1, -0.05) is 29.3 Å². The molecule has 0 spiro atoms. The van der Waals surface area contributed by atoms with Crippen molar-refractivity contribution in [2.45, 2.75) is 39.5 Å². The molecule has 1 aromatic rings. The number of likely N-dealkylation sites (tertiary alicyclic amines) is 1. The Morgan fingerprint density at radius 2 is 1.78 bits per heavy atom. The van der Waals surface area contributed by atoms with Crippen LogP contribution in [0.1, 0.15) is 36.0 Å². The predicted molar refractivity (Wildman–Crippen MR) is 88.2 cm³/mol. The van der Waals surface area contributed by atoms with Gasteiger partial charge < -0.3 is 10.0 Å². The van der Waals surface area contributed by atoms with Gasteiger partial charge in [0.1, 0.15) is 0 Å². The van der Waals surface area contributed by atoms with Crippen molar-refractivity contribution in [3.05, 3.63) is 34.9 Å². The average molecular weight is 315 g/mol. The molecule has 4 nitrogen and oxygen atoms in total. The Labute approximate surface area is 137 Å². The molecule has 1 amide bonds. The molecule has 1 saturated carbocycles. The van der Waals surface area contributed by atoms with Gasteiger partial charge in [0, 0.05) is 19.5 Å². The lowest BCUT2D eigenvalue weighted by Gasteiger charge is -2.16. The normalized spacial score (nSPS) is 24.0. The number of benzene rings is 1. The lowest BCUT2D eigenvalue weighted by molar-refractivity contribution is -0.142. The van der Waals surface area contributed by atoms with Crippen molar-refractivity contribution in [3.8, 4) is 0 Å². The van der Waals surface area contributed by atoms with E-state index < -0.39 is 5.97 Å². The highest BCUT2D eigenvalue weighted by Gasteiger charge is 2.46. The Morgan fingerprint density at radius 3 is 2.35 bits per heavy atom. The van der Waals surface area contributed by atoms with Crippen LogP contribution in [0.2, 0.25) is 0 Å². The minimum Gasteiger partial charge on any atom is -0.481 e. The topological polar surface area (TPSA) is 57.6 Å². The summed E-state index contributed by atoms with van der Waals surface area (Å²) in [5.74, 6) is -0.330. The third kappa shape index (κ3) is 3.74. The smallest absolute Gasteiger partial charge is 0.308 e. The first kappa shape index (κ1) is 16.0. The van der Waals surface area contributed by atoms with Crippen molar-refractivity contribution in [1.82, 2.24) is 4.90 Å². The second kappa shape index (κ2) is 6.34. The monoisotopic (exact) mass is 315 g/mol. The quantitative estimate of drug-likeness (QED) is 0.909. The highest BCUT2D eigenvalue weighted by Crippen LogP contribution is 2.44. The van der Waals surface area contributed by atoms with Crippen LogP contribution in [-0.2, 0) is 16.0 Å². The minimum absolute atomic E-state index is 0.0959. The summed E-state index contributed by atoms with van der Waals surface area (Å²) in [7, 11) is 0. The maximum atomic E-state index is 12.5. The number of aliphatic carboxylic acids is 1. The molecule has 1 saturated heterocycles. The minimum atomic E-state index is -0.744. The number of hydrogen-bond acceptors (Lipinski definition) is 2. The van der Waals surface area contributed by atoms with Gasteiger partial charge in [-0.3, -0.25) is 9.59 Å². The molecule has 0 aromatic heterocycles. The van der Waals surface area contributed by atoms with Crippen molar-refractivity contribution in [2.24, 2.45) is 17.8 Å². The molecule has 2 atom stereocenters. The molecule has 1 heterocycles. The first-order valence-corrected chi connectivity index (χ1v) is 8.52. The molecule has 2 fully saturated rings. The van der Waals surface area contributed by atoms with Crippen LogP contribution >= 0.6 is 0 Å². The van der Waals surface area contributed by atoms with E-state index in [1.807, 2.05) is 0 Å². The summed E-state index contributed by atoms with van der Waals surface area (Å²) >= 11 is 0. The van der Waals surface area contributed by atoms with E-state index in [-0.39, 0.29) is 17.7 Å². The molecule has 124 valence electrons. The summed E-state index contributed by atoms with van der Waals surface area (Å²) in [6, 6.07) is 6.37. The van der Waals surface area contributed by atoms with Crippen LogP contribution in [0.15, 0.2) is 18.2 Å². The van der Waals surface area contributed by atoms with E-state index in [4.69, 9.17) is 0 Å². The fraction of sp³-hybridized carbons (Fsp3) is 0.579. The molecule has 3 rings (SSSR count). The second-order valence-corrected chi connectivity index (χ2v) is 7.24. The van der Waals surface area contributed by atoms with E-state index in [0.717, 1.165) is 19.3 Å². The molecule has 1 aromatic carbocycles. The summed E-state index contributed by atoms with van der Waals surface area (Å²) < 4.78 is 0. The number of carbonyl (C=O) groups is 2. The molecular weight excluding hydrogens is 290 g/mol. The third-order valence-electron chi connectivity index (χ3n) is 5.17. The average Bonchev–Trinajstić information content (AvgIpc) is 3.22. The SMILES string of the molecule is Cc1cc(C)cc(CCC(=O)N2C[C@H](C(=O)O)[C@@H](C3CC3)C2)c1. The van der Waals surface area contributed by atoms with E-state index in [1.54, 1.807) is 4.90 Å². The van der Waals surface area contributed by atoms with E-state index in [2.05, 4.69) is 32.0 Å². The van der Waals surface area contributed by atoms with Gasteiger partial charge in [0.2, 0.25) is 5.91 Å². The maximum absolute atomic E-state index is 12.5. The number of rotatable bonds is 5. The third-order valence-corrected chi connectivity index (χ3v) is 5.17. The summed E-state index contributed by atoms with van der Waals surface area (Å²) in [5, 5.41) is 9.39. The van der Waals surface area contributed by atoms with Gasteiger partial charge in [-0.05, 0) is 50.5 Å². The Hall–Kier alpha value is -1.84. The van der Waals surface area contributed by atoms with Gasteiger partial charge in [-0.25, -0.2) is 0 Å². The zero-order valence-corrected chi connectivity index (χ0v) is 13.9. The van der Waals surface area contributed by atoms with Gasteiger partial charge in [0.25, 0.3) is 0 Å². The summed E-state index contributed by atoms with van der Waals surface area (Å²) in [4.78, 5) is 25.7. The highest BCUT2D eigenvalue weighted by molar-refractivity contribution is 5.79. The lowest BCUT2D eigenvalue weighted by atomic mass is 9.92. The zero-order valence-electron chi connectivity index (χ0n) is 13.9. The molecule has 0 radical (unpaired) electrons. The highest BCUT2D eigenvalue weighted by atomic mass is 16.4. The first-order chi connectivity index (χ1) is 10.9. The Morgan fingerprint density at radius 1 is 1.13 bits per heavy atom. The van der Waals surface area contributed by atoms with Crippen molar-refractivity contribution in [3.63, 3.8) is 0 Å². The molecular formula is C19H25NO3. The van der Waals surface area contributed by atoms with E-state index in [0.29, 0.717) is 25.4 Å². The van der Waals surface area contributed by atoms with Crippen LogP contribution in [0.3, 0.4) is 0 Å². The molecule has 4 heteroatoms. The largest absolute Gasteiger partial charge is 0.481 e. The van der Waals surface area contributed by atoms with Crippen LogP contribution in [0.5, 0.6) is 0 Å². The number of carbonyl (C=O) groups excluding carboxylic acids is 1. The molecule has 0 bridgehead atoms. The van der Waals surface area contributed by atoms with Gasteiger partial charge in [-0.15, -0.1) is 0 Å². The van der Waals surface area contributed by atoms with Crippen molar-refractivity contribution in [2.75, 3.05) is 13.1 Å². The summed E-state index contributed by atoms with van der Waals surface area (Å²) in [5.41, 5.74) is 3.62. The Bertz CT molecular complexity index is 601. The van der Waals surface area contributed by atoms with Crippen LogP contribution < -0.4 is 0 Å². The van der Waals surface area contributed by atoms with Crippen LogP contribution in [0.25, 0.3) is 0 Å². The predicted octanol–water partition coefficient (Wildman–Crippen LogP) is 2.81. The number of aryl methyl sites for hydroxylation is 3. The number of hydrogen-bond donors (Lipinski definition) is 1. The van der Waals surface area contributed by atoms with E-state index in [9.17, 15) is 14.7 Å². The maximum Gasteiger partial charge on any atom is 0.308 e. The van der Waals surface area contributed by atoms with Gasteiger partial charge in [0.15, 0.2) is 0 Å².